The number of aldehydes is 1. The number of allylic oxidation sites excluding steroid dienone is 1. The maximum Gasteiger partial charge on any atom is 0.303 e. The van der Waals surface area contributed by atoms with E-state index < -0.39 is 5.97 Å². The molecule has 1 N–H and O–H groups in total. The molecule has 0 heterocycles. The lowest BCUT2D eigenvalue weighted by Gasteiger charge is -2.00. The van der Waals surface area contributed by atoms with Crippen LogP contribution in [0, 0.1) is 0 Å². The molecular weight excluding hydrogens is 244 g/mol. The highest BCUT2D eigenvalue weighted by Crippen LogP contribution is 2.03. The first kappa shape index (κ1) is 17.8. The van der Waals surface area contributed by atoms with Crippen LogP contribution in [-0.4, -0.2) is 30.6 Å². The van der Waals surface area contributed by atoms with Gasteiger partial charge < -0.3 is 14.6 Å². The number of hydrogen-bond donors (Lipinski definition) is 1. The van der Waals surface area contributed by atoms with Crippen molar-refractivity contribution in [3.63, 3.8) is 0 Å². The van der Waals surface area contributed by atoms with Crippen molar-refractivity contribution in [1.82, 2.24) is 0 Å². The summed E-state index contributed by atoms with van der Waals surface area (Å²) in [7, 11) is 0. The van der Waals surface area contributed by atoms with E-state index in [2.05, 4.69) is 6.08 Å². The molecule has 0 unspecified atom stereocenters. The van der Waals surface area contributed by atoms with Gasteiger partial charge in [0, 0.05) is 19.4 Å². The van der Waals surface area contributed by atoms with E-state index in [1.54, 1.807) is 0 Å². The molecule has 110 valence electrons. The average molecular weight is 270 g/mol. The van der Waals surface area contributed by atoms with E-state index in [1.165, 1.54) is 0 Å². The Kier molecular flexibility index (Phi) is 14.0. The molecule has 0 saturated heterocycles. The Hall–Kier alpha value is -1.16. The third-order valence-electron chi connectivity index (χ3n) is 2.75. The second-order valence-electron chi connectivity index (χ2n) is 4.56. The molecule has 4 heteroatoms. The fourth-order valence-corrected chi connectivity index (χ4v) is 1.66. The number of hydrogen-bond acceptors (Lipinski definition) is 3. The predicted molar refractivity (Wildman–Crippen MR) is 75.2 cm³/mol. The molecule has 4 nitrogen and oxygen atoms in total. The van der Waals surface area contributed by atoms with Crippen LogP contribution < -0.4 is 0 Å². The summed E-state index contributed by atoms with van der Waals surface area (Å²) >= 11 is 0. The first-order valence-corrected chi connectivity index (χ1v) is 7.15. The first-order valence-electron chi connectivity index (χ1n) is 7.15. The van der Waals surface area contributed by atoms with E-state index in [9.17, 15) is 9.59 Å². The quantitative estimate of drug-likeness (QED) is 0.299. The van der Waals surface area contributed by atoms with Crippen molar-refractivity contribution >= 4 is 12.3 Å². The van der Waals surface area contributed by atoms with E-state index in [0.717, 1.165) is 51.2 Å². The van der Waals surface area contributed by atoms with Crippen molar-refractivity contribution in [3.05, 3.63) is 12.2 Å². The summed E-state index contributed by atoms with van der Waals surface area (Å²) in [6.45, 7) is 1.33. The van der Waals surface area contributed by atoms with Crippen molar-refractivity contribution in [2.75, 3.05) is 13.2 Å². The van der Waals surface area contributed by atoms with E-state index >= 15 is 0 Å². The van der Waals surface area contributed by atoms with Gasteiger partial charge in [-0.05, 0) is 32.1 Å². The Morgan fingerprint density at radius 1 is 0.947 bits per heavy atom. The largest absolute Gasteiger partial charge is 0.481 e. The van der Waals surface area contributed by atoms with E-state index in [4.69, 9.17) is 9.84 Å². The van der Waals surface area contributed by atoms with Gasteiger partial charge in [-0.15, -0.1) is 0 Å². The van der Waals surface area contributed by atoms with Crippen LogP contribution in [0.2, 0.25) is 0 Å². The summed E-state index contributed by atoms with van der Waals surface area (Å²) < 4.78 is 5.41. The van der Waals surface area contributed by atoms with Crippen LogP contribution in [0.4, 0.5) is 0 Å². The number of ether oxygens (including phenoxy) is 1. The highest BCUT2D eigenvalue weighted by molar-refractivity contribution is 5.66. The number of carbonyl (C=O) groups is 2. The number of unbranched alkanes of at least 4 members (excludes halogenated alkanes) is 6. The topological polar surface area (TPSA) is 63.6 Å². The molecule has 0 amide bonds. The van der Waals surface area contributed by atoms with Crippen molar-refractivity contribution in [1.29, 1.82) is 0 Å². The predicted octanol–water partition coefficient (Wildman–Crippen LogP) is 3.35. The zero-order valence-electron chi connectivity index (χ0n) is 11.7. The minimum Gasteiger partial charge on any atom is -0.481 e. The van der Waals surface area contributed by atoms with Crippen LogP contribution in [0.1, 0.15) is 57.8 Å². The molecule has 0 aromatic carbocycles. The summed E-state index contributed by atoms with van der Waals surface area (Å²) in [5.41, 5.74) is 0. The number of carboxylic acids is 1. The van der Waals surface area contributed by atoms with Crippen molar-refractivity contribution in [2.45, 2.75) is 57.8 Å². The lowest BCUT2D eigenvalue weighted by Crippen LogP contribution is -1.97. The number of aliphatic carboxylic acids is 1. The first-order chi connectivity index (χ1) is 9.27. The minimum atomic E-state index is -0.725. The third-order valence-corrected chi connectivity index (χ3v) is 2.75. The summed E-state index contributed by atoms with van der Waals surface area (Å²) in [5, 5.41) is 8.45. The van der Waals surface area contributed by atoms with Gasteiger partial charge in [-0.2, -0.15) is 0 Å². The molecule has 0 bridgehead atoms. The lowest BCUT2D eigenvalue weighted by atomic mass is 10.1. The molecule has 0 radical (unpaired) electrons. The van der Waals surface area contributed by atoms with E-state index in [-0.39, 0.29) is 6.42 Å². The van der Waals surface area contributed by atoms with Gasteiger partial charge >= 0.3 is 5.97 Å². The third kappa shape index (κ3) is 16.8. The van der Waals surface area contributed by atoms with E-state index in [1.807, 2.05) is 6.08 Å². The van der Waals surface area contributed by atoms with Gasteiger partial charge in [-0.3, -0.25) is 4.79 Å². The molecule has 0 aliphatic heterocycles. The molecule has 0 aliphatic carbocycles. The van der Waals surface area contributed by atoms with Crippen LogP contribution in [-0.2, 0) is 14.3 Å². The summed E-state index contributed by atoms with van der Waals surface area (Å²) in [6.07, 6.45) is 12.9. The second kappa shape index (κ2) is 14.9. The zero-order chi connectivity index (χ0) is 14.2. The average Bonchev–Trinajstić information content (AvgIpc) is 2.39. The normalized spacial score (nSPS) is 10.9. The molecule has 0 spiro atoms. The SMILES string of the molecule is O=CCCCCCC=CCOCCCCCC(=O)O. The van der Waals surface area contributed by atoms with Gasteiger partial charge in [-0.25, -0.2) is 0 Å². The lowest BCUT2D eigenvalue weighted by molar-refractivity contribution is -0.137. The summed E-state index contributed by atoms with van der Waals surface area (Å²) in [4.78, 5) is 20.3. The Bertz CT molecular complexity index is 249. The van der Waals surface area contributed by atoms with Gasteiger partial charge in [0.2, 0.25) is 0 Å². The van der Waals surface area contributed by atoms with Gasteiger partial charge in [0.15, 0.2) is 0 Å². The Balaban J connectivity index is 3.08. The van der Waals surface area contributed by atoms with Gasteiger partial charge in [0.1, 0.15) is 6.29 Å². The van der Waals surface area contributed by atoms with Crippen LogP contribution >= 0.6 is 0 Å². The molecule has 0 aromatic heterocycles. The number of carboxylic acid groups (broad SMARTS) is 1. The monoisotopic (exact) mass is 270 g/mol. The molecule has 0 fully saturated rings. The molecule has 19 heavy (non-hydrogen) atoms. The Morgan fingerprint density at radius 2 is 1.68 bits per heavy atom. The zero-order valence-corrected chi connectivity index (χ0v) is 11.7. The Morgan fingerprint density at radius 3 is 2.42 bits per heavy atom. The highest BCUT2D eigenvalue weighted by Gasteiger charge is 1.95. The summed E-state index contributed by atoms with van der Waals surface area (Å²) in [6, 6.07) is 0. The fourth-order valence-electron chi connectivity index (χ4n) is 1.66. The molecule has 0 rings (SSSR count). The maximum atomic E-state index is 10.3. The maximum absolute atomic E-state index is 10.3. The molecule has 0 aliphatic rings. The Labute approximate surface area is 115 Å². The van der Waals surface area contributed by atoms with E-state index in [0.29, 0.717) is 19.6 Å². The molecule has 0 saturated carbocycles. The fraction of sp³-hybridized carbons (Fsp3) is 0.733. The van der Waals surface area contributed by atoms with Crippen LogP contribution in [0.5, 0.6) is 0 Å². The second-order valence-corrected chi connectivity index (χ2v) is 4.56. The van der Waals surface area contributed by atoms with Gasteiger partial charge in [-0.1, -0.05) is 25.0 Å². The van der Waals surface area contributed by atoms with Crippen LogP contribution in [0.3, 0.4) is 0 Å². The standard InChI is InChI=1S/C15H26O4/c16-12-8-4-2-1-3-5-9-13-19-14-10-6-7-11-15(17)18/h5,9,12H,1-4,6-8,10-11,13-14H2,(H,17,18). The smallest absolute Gasteiger partial charge is 0.303 e. The van der Waals surface area contributed by atoms with Crippen LogP contribution in [0.15, 0.2) is 12.2 Å². The number of carbonyl (C=O) groups excluding carboxylic acids is 1. The highest BCUT2D eigenvalue weighted by atomic mass is 16.5. The van der Waals surface area contributed by atoms with Crippen molar-refractivity contribution in [2.24, 2.45) is 0 Å². The van der Waals surface area contributed by atoms with Crippen molar-refractivity contribution in [3.8, 4) is 0 Å². The minimum absolute atomic E-state index is 0.254. The molecular formula is C15H26O4. The van der Waals surface area contributed by atoms with Gasteiger partial charge in [0.25, 0.3) is 0 Å². The number of rotatable bonds is 14. The molecule has 0 aromatic rings. The van der Waals surface area contributed by atoms with Crippen LogP contribution in [0.25, 0.3) is 0 Å². The molecule has 0 atom stereocenters. The summed E-state index contributed by atoms with van der Waals surface area (Å²) in [5.74, 6) is -0.725. The van der Waals surface area contributed by atoms with Gasteiger partial charge in [0.05, 0.1) is 6.61 Å². The van der Waals surface area contributed by atoms with Crippen molar-refractivity contribution < 1.29 is 19.4 Å².